The van der Waals surface area contributed by atoms with Gasteiger partial charge < -0.3 is 20.3 Å². The van der Waals surface area contributed by atoms with E-state index < -0.39 is 11.1 Å². The molecule has 0 unspecified atom stereocenters. The number of aromatic nitrogens is 1. The van der Waals surface area contributed by atoms with Gasteiger partial charge in [-0.2, -0.15) is 0 Å². The molecule has 150 valence electrons. The van der Waals surface area contributed by atoms with Crippen LogP contribution >= 0.6 is 0 Å². The van der Waals surface area contributed by atoms with Gasteiger partial charge in [0.1, 0.15) is 18.0 Å². The lowest BCUT2D eigenvalue weighted by Crippen LogP contribution is -2.31. The number of hydrogen-bond acceptors (Lipinski definition) is 6. The predicted molar refractivity (Wildman–Crippen MR) is 112 cm³/mol. The van der Waals surface area contributed by atoms with Crippen LogP contribution in [0.2, 0.25) is 0 Å². The van der Waals surface area contributed by atoms with Crippen molar-refractivity contribution in [1.29, 1.82) is 0 Å². The molecule has 1 atom stereocenters. The minimum atomic E-state index is -1.11. The maximum atomic E-state index is 9.92. The zero-order chi connectivity index (χ0) is 20.9. The van der Waals surface area contributed by atoms with Crippen molar-refractivity contribution in [3.63, 3.8) is 0 Å². The van der Waals surface area contributed by atoms with Gasteiger partial charge in [0, 0.05) is 28.8 Å². The molecular formula is C24H21N3O3. The van der Waals surface area contributed by atoms with E-state index in [1.54, 1.807) is 20.0 Å². The molecule has 0 radical (unpaired) electrons. The topological polar surface area (TPSA) is 90.0 Å². The Morgan fingerprint density at radius 1 is 1.17 bits per heavy atom. The maximum absolute atomic E-state index is 9.92. The molecule has 1 fully saturated rings. The number of hydrogen-bond donors (Lipinski definition) is 2. The van der Waals surface area contributed by atoms with Gasteiger partial charge in [-0.1, -0.05) is 23.7 Å². The number of aliphatic hydroxyl groups is 1. The van der Waals surface area contributed by atoms with Crippen LogP contribution in [0, 0.1) is 29.6 Å². The van der Waals surface area contributed by atoms with E-state index in [1.165, 1.54) is 12.8 Å². The monoisotopic (exact) mass is 399 g/mol. The summed E-state index contributed by atoms with van der Waals surface area (Å²) in [7, 11) is 0. The summed E-state index contributed by atoms with van der Waals surface area (Å²) in [5.41, 5.74) is 7.07. The van der Waals surface area contributed by atoms with Crippen LogP contribution in [-0.4, -0.2) is 28.3 Å². The molecule has 3 aliphatic rings. The van der Waals surface area contributed by atoms with Crippen LogP contribution in [0.5, 0.6) is 11.6 Å². The molecule has 0 saturated heterocycles. The molecule has 6 nitrogen and oxygen atoms in total. The fourth-order valence-electron chi connectivity index (χ4n) is 3.51. The van der Waals surface area contributed by atoms with Crippen molar-refractivity contribution in [1.82, 2.24) is 4.98 Å². The summed E-state index contributed by atoms with van der Waals surface area (Å²) in [5, 5.41) is 9.92. The van der Waals surface area contributed by atoms with Crippen LogP contribution in [0.1, 0.15) is 48.9 Å². The van der Waals surface area contributed by atoms with Crippen molar-refractivity contribution in [2.24, 2.45) is 16.6 Å². The number of ether oxygens (including phenoxy) is 2. The van der Waals surface area contributed by atoms with E-state index in [0.29, 0.717) is 23.1 Å². The highest BCUT2D eigenvalue weighted by Crippen LogP contribution is 2.50. The zero-order valence-corrected chi connectivity index (χ0v) is 16.8. The molecule has 5 rings (SSSR count). The van der Waals surface area contributed by atoms with Crippen molar-refractivity contribution in [3.05, 3.63) is 52.7 Å². The van der Waals surface area contributed by atoms with Gasteiger partial charge >= 0.3 is 0 Å². The van der Waals surface area contributed by atoms with Crippen LogP contribution in [0.25, 0.3) is 0 Å². The number of nitrogens with two attached hydrogens (primary N) is 1. The highest BCUT2D eigenvalue weighted by molar-refractivity contribution is 5.76. The lowest BCUT2D eigenvalue weighted by molar-refractivity contribution is 0.143. The van der Waals surface area contributed by atoms with E-state index in [9.17, 15) is 5.11 Å². The Bertz CT molecular complexity index is 1200. The number of rotatable bonds is 0. The summed E-state index contributed by atoms with van der Waals surface area (Å²) >= 11 is 0. The van der Waals surface area contributed by atoms with E-state index >= 15 is 0 Å². The van der Waals surface area contributed by atoms with E-state index in [1.807, 2.05) is 24.3 Å². The quantitative estimate of drug-likeness (QED) is 0.665. The van der Waals surface area contributed by atoms with Gasteiger partial charge in [0.2, 0.25) is 5.88 Å². The molecule has 3 heterocycles. The predicted octanol–water partition coefficient (Wildman–Crippen LogP) is 2.66. The standard InChI is InChI=1S/C24H21N3O3/c1-23(2,28)10-9-17-12-19-21(26-13-17)30-20-8-7-16(6-5-15-3-4-15)11-18(20)24(19)14-29-22(25)27-24/h7-8,11-13,15,28H,3-4,14H2,1-2H3,(H2,25,27)/t24-/m1/s1. The number of benzene rings is 1. The molecule has 0 bridgehead atoms. The van der Waals surface area contributed by atoms with Crippen LogP contribution < -0.4 is 10.5 Å². The molecule has 2 aromatic rings. The Kier molecular flexibility index (Phi) is 4.03. The number of amidine groups is 1. The third kappa shape index (κ3) is 3.36. The number of fused-ring (bicyclic) bond motifs is 4. The smallest absolute Gasteiger partial charge is 0.283 e. The highest BCUT2D eigenvalue weighted by atomic mass is 16.5. The Labute approximate surface area is 175 Å². The van der Waals surface area contributed by atoms with Gasteiger partial charge in [0.15, 0.2) is 5.54 Å². The van der Waals surface area contributed by atoms with E-state index in [2.05, 4.69) is 33.7 Å². The molecule has 1 saturated carbocycles. The highest BCUT2D eigenvalue weighted by Gasteiger charge is 2.47. The zero-order valence-electron chi connectivity index (χ0n) is 16.8. The third-order valence-electron chi connectivity index (χ3n) is 5.17. The molecule has 3 N–H and O–H groups in total. The first-order valence-corrected chi connectivity index (χ1v) is 9.91. The van der Waals surface area contributed by atoms with Crippen molar-refractivity contribution in [3.8, 4) is 35.3 Å². The van der Waals surface area contributed by atoms with Crippen LogP contribution in [0.15, 0.2) is 35.5 Å². The Morgan fingerprint density at radius 3 is 2.67 bits per heavy atom. The van der Waals surface area contributed by atoms with Crippen molar-refractivity contribution >= 4 is 6.02 Å². The molecule has 2 aliphatic heterocycles. The lowest BCUT2D eigenvalue weighted by atomic mass is 9.81. The average Bonchev–Trinajstić information content (AvgIpc) is 3.46. The maximum Gasteiger partial charge on any atom is 0.283 e. The molecule has 1 aromatic carbocycles. The second-order valence-electron chi connectivity index (χ2n) is 8.34. The fourth-order valence-corrected chi connectivity index (χ4v) is 3.51. The number of pyridine rings is 1. The van der Waals surface area contributed by atoms with Crippen LogP contribution in [0.3, 0.4) is 0 Å². The van der Waals surface area contributed by atoms with Crippen LogP contribution in [0.4, 0.5) is 0 Å². The first kappa shape index (κ1) is 18.5. The second-order valence-corrected chi connectivity index (χ2v) is 8.34. The molecule has 1 aliphatic carbocycles. The third-order valence-corrected chi connectivity index (χ3v) is 5.17. The van der Waals surface area contributed by atoms with Gasteiger partial charge in [-0.3, -0.25) is 0 Å². The van der Waals surface area contributed by atoms with Crippen LogP contribution in [-0.2, 0) is 10.3 Å². The summed E-state index contributed by atoms with van der Waals surface area (Å²) in [4.78, 5) is 9.12. The Balaban J connectivity index is 1.64. The summed E-state index contributed by atoms with van der Waals surface area (Å²) in [6.45, 7) is 3.51. The number of nitrogens with zero attached hydrogens (tertiary/aromatic N) is 2. The van der Waals surface area contributed by atoms with E-state index in [-0.39, 0.29) is 12.6 Å². The minimum Gasteiger partial charge on any atom is -0.462 e. The summed E-state index contributed by atoms with van der Waals surface area (Å²) in [6.07, 6.45) is 3.97. The fraction of sp³-hybridized carbons (Fsp3) is 0.333. The van der Waals surface area contributed by atoms with Gasteiger partial charge in [-0.15, -0.1) is 0 Å². The van der Waals surface area contributed by atoms with Gasteiger partial charge in [-0.25, -0.2) is 9.98 Å². The van der Waals surface area contributed by atoms with E-state index in [4.69, 9.17) is 15.2 Å². The van der Waals surface area contributed by atoms with E-state index in [0.717, 1.165) is 16.7 Å². The van der Waals surface area contributed by atoms with Gasteiger partial charge in [-0.05, 0) is 51.0 Å². The molecule has 6 heteroatoms. The summed E-state index contributed by atoms with van der Waals surface area (Å²) < 4.78 is 11.7. The Morgan fingerprint density at radius 2 is 1.97 bits per heavy atom. The molecule has 1 aromatic heterocycles. The molecule has 30 heavy (non-hydrogen) atoms. The second kappa shape index (κ2) is 6.52. The lowest BCUT2D eigenvalue weighted by Gasteiger charge is -2.32. The molecule has 0 amide bonds. The van der Waals surface area contributed by atoms with Crippen molar-refractivity contribution < 1.29 is 14.6 Å². The normalized spacial score (nSPS) is 21.1. The van der Waals surface area contributed by atoms with Gasteiger partial charge in [0.05, 0.1) is 5.56 Å². The van der Waals surface area contributed by atoms with Crippen molar-refractivity contribution in [2.75, 3.05) is 6.61 Å². The average molecular weight is 399 g/mol. The van der Waals surface area contributed by atoms with Crippen molar-refractivity contribution in [2.45, 2.75) is 37.8 Å². The number of aliphatic imine (C=N–C) groups is 1. The molecule has 1 spiro atoms. The largest absolute Gasteiger partial charge is 0.462 e. The SMILES string of the molecule is CC(C)(O)C#Cc1cnc2c(c1)[C@@]1(COC(N)=N1)c1cc(C#CC3CC3)ccc1O2. The molecular weight excluding hydrogens is 378 g/mol. The minimum absolute atomic E-state index is 0.122. The van der Waals surface area contributed by atoms with Gasteiger partial charge in [0.25, 0.3) is 6.02 Å². The summed E-state index contributed by atoms with van der Waals surface area (Å²) in [5.74, 6) is 13.9. The first-order chi connectivity index (χ1) is 14.3. The Hall–Kier alpha value is -3.48. The summed E-state index contributed by atoms with van der Waals surface area (Å²) in [6, 6.07) is 7.83. The first-order valence-electron chi connectivity index (χ1n) is 9.91.